The van der Waals surface area contributed by atoms with Crippen LogP contribution in [-0.2, 0) is 19.1 Å². The standard InChI is InChI=1S/C10H13N3O6/c1-3-18-9(14)6(10(15)19-4-2)7-8(13(16)17)12-5-11-7/h5-6H,3-4H2,1-2H3,(H,11,12). The summed E-state index contributed by atoms with van der Waals surface area (Å²) in [4.78, 5) is 39.4. The minimum Gasteiger partial charge on any atom is -0.465 e. The van der Waals surface area contributed by atoms with E-state index in [0.29, 0.717) is 0 Å². The molecule has 0 aliphatic heterocycles. The average Bonchev–Trinajstić information content (AvgIpc) is 2.79. The Morgan fingerprint density at radius 3 is 2.32 bits per heavy atom. The van der Waals surface area contributed by atoms with Crippen molar-refractivity contribution < 1.29 is 24.0 Å². The Bertz CT molecular complexity index is 465. The molecule has 1 N–H and O–H groups in total. The molecule has 0 unspecified atom stereocenters. The molecule has 0 aliphatic carbocycles. The lowest BCUT2D eigenvalue weighted by Crippen LogP contribution is -2.27. The summed E-state index contributed by atoms with van der Waals surface area (Å²) in [5, 5.41) is 10.8. The van der Waals surface area contributed by atoms with Crippen molar-refractivity contribution in [2.75, 3.05) is 13.2 Å². The summed E-state index contributed by atoms with van der Waals surface area (Å²) in [7, 11) is 0. The van der Waals surface area contributed by atoms with Crippen molar-refractivity contribution in [3.63, 3.8) is 0 Å². The fourth-order valence-corrected chi connectivity index (χ4v) is 1.43. The van der Waals surface area contributed by atoms with E-state index in [0.717, 1.165) is 6.33 Å². The number of aromatic nitrogens is 2. The zero-order valence-corrected chi connectivity index (χ0v) is 10.4. The second-order valence-electron chi connectivity index (χ2n) is 3.33. The Balaban J connectivity index is 3.15. The number of esters is 2. The number of aromatic amines is 1. The Morgan fingerprint density at radius 1 is 1.37 bits per heavy atom. The molecule has 9 heteroatoms. The number of nitrogens with one attached hydrogen (secondary N) is 1. The predicted molar refractivity (Wildman–Crippen MR) is 61.2 cm³/mol. The van der Waals surface area contributed by atoms with Gasteiger partial charge in [0.2, 0.25) is 5.92 Å². The molecule has 0 amide bonds. The van der Waals surface area contributed by atoms with Crippen LogP contribution >= 0.6 is 0 Å². The smallest absolute Gasteiger partial charge is 0.345 e. The van der Waals surface area contributed by atoms with Crippen molar-refractivity contribution in [2.24, 2.45) is 0 Å². The number of nitro groups is 1. The first kappa shape index (κ1) is 14.6. The van der Waals surface area contributed by atoms with Gasteiger partial charge in [0.1, 0.15) is 0 Å². The Kier molecular flexibility index (Phi) is 4.98. The average molecular weight is 271 g/mol. The van der Waals surface area contributed by atoms with Crippen LogP contribution in [0.3, 0.4) is 0 Å². The molecule has 0 aromatic carbocycles. The maximum atomic E-state index is 11.7. The van der Waals surface area contributed by atoms with E-state index >= 15 is 0 Å². The first-order chi connectivity index (χ1) is 9.02. The lowest BCUT2D eigenvalue weighted by atomic mass is 10.1. The monoisotopic (exact) mass is 271 g/mol. The molecule has 0 saturated heterocycles. The molecule has 1 heterocycles. The van der Waals surface area contributed by atoms with E-state index in [1.807, 2.05) is 0 Å². The molecule has 0 atom stereocenters. The number of rotatable bonds is 6. The lowest BCUT2D eigenvalue weighted by Gasteiger charge is -2.12. The topological polar surface area (TPSA) is 124 Å². The number of carbonyl (C=O) groups is 2. The third-order valence-corrected chi connectivity index (χ3v) is 2.15. The molecule has 0 radical (unpaired) electrons. The molecule has 0 fully saturated rings. The summed E-state index contributed by atoms with van der Waals surface area (Å²) in [5.41, 5.74) is -0.318. The molecule has 19 heavy (non-hydrogen) atoms. The molecule has 9 nitrogen and oxygen atoms in total. The van der Waals surface area contributed by atoms with E-state index in [4.69, 9.17) is 9.47 Å². The van der Waals surface area contributed by atoms with Gasteiger partial charge >= 0.3 is 17.8 Å². The summed E-state index contributed by atoms with van der Waals surface area (Å²) in [6.07, 6.45) is 1.03. The number of hydrogen-bond donors (Lipinski definition) is 1. The van der Waals surface area contributed by atoms with Crippen molar-refractivity contribution in [3.8, 4) is 0 Å². The van der Waals surface area contributed by atoms with E-state index in [-0.39, 0.29) is 18.9 Å². The fourth-order valence-electron chi connectivity index (χ4n) is 1.43. The summed E-state index contributed by atoms with van der Waals surface area (Å²) in [5.74, 6) is -3.97. The van der Waals surface area contributed by atoms with Gasteiger partial charge < -0.3 is 19.6 Å². The van der Waals surface area contributed by atoms with Gasteiger partial charge in [-0.15, -0.1) is 0 Å². The van der Waals surface area contributed by atoms with Crippen LogP contribution < -0.4 is 0 Å². The molecule has 104 valence electrons. The molecule has 0 aliphatic rings. The first-order valence-corrected chi connectivity index (χ1v) is 5.53. The van der Waals surface area contributed by atoms with Gasteiger partial charge in [-0.25, -0.2) is 9.97 Å². The number of nitrogens with zero attached hydrogens (tertiary/aromatic N) is 2. The zero-order valence-electron chi connectivity index (χ0n) is 10.4. The van der Waals surface area contributed by atoms with Crippen LogP contribution in [0.1, 0.15) is 25.5 Å². The summed E-state index contributed by atoms with van der Waals surface area (Å²) in [6, 6.07) is 0. The highest BCUT2D eigenvalue weighted by Gasteiger charge is 2.38. The van der Waals surface area contributed by atoms with Crippen molar-refractivity contribution in [1.29, 1.82) is 0 Å². The van der Waals surface area contributed by atoms with Crippen LogP contribution in [0.4, 0.5) is 5.82 Å². The lowest BCUT2D eigenvalue weighted by molar-refractivity contribution is -0.390. The summed E-state index contributed by atoms with van der Waals surface area (Å²) in [6.45, 7) is 3.18. The van der Waals surface area contributed by atoms with Gasteiger partial charge in [-0.1, -0.05) is 0 Å². The van der Waals surface area contributed by atoms with Crippen molar-refractivity contribution >= 4 is 17.8 Å². The largest absolute Gasteiger partial charge is 0.465 e. The SMILES string of the molecule is CCOC(=O)C(C(=O)OCC)c1nc[nH]c1[N+](=O)[O-]. The van der Waals surface area contributed by atoms with E-state index in [9.17, 15) is 19.7 Å². The van der Waals surface area contributed by atoms with Crippen LogP contribution in [0.15, 0.2) is 6.33 Å². The van der Waals surface area contributed by atoms with Gasteiger partial charge in [0.15, 0.2) is 12.0 Å². The quantitative estimate of drug-likeness (QED) is 0.346. The molecule has 0 bridgehead atoms. The van der Waals surface area contributed by atoms with Gasteiger partial charge in [0, 0.05) is 0 Å². The van der Waals surface area contributed by atoms with Crippen molar-refractivity contribution in [1.82, 2.24) is 9.97 Å². The molecular formula is C10H13N3O6. The fraction of sp³-hybridized carbons (Fsp3) is 0.500. The third kappa shape index (κ3) is 3.27. The molecule has 0 spiro atoms. The van der Waals surface area contributed by atoms with Gasteiger partial charge in [-0.2, -0.15) is 0 Å². The van der Waals surface area contributed by atoms with Crippen molar-refractivity contribution in [2.45, 2.75) is 19.8 Å². The van der Waals surface area contributed by atoms with Crippen LogP contribution in [-0.4, -0.2) is 40.0 Å². The Labute approximate surface area is 108 Å². The highest BCUT2D eigenvalue weighted by Crippen LogP contribution is 2.25. The van der Waals surface area contributed by atoms with Gasteiger partial charge in [0.05, 0.1) is 13.2 Å². The van der Waals surface area contributed by atoms with E-state index in [1.165, 1.54) is 0 Å². The molecular weight excluding hydrogens is 258 g/mol. The molecule has 1 rings (SSSR count). The first-order valence-electron chi connectivity index (χ1n) is 5.53. The maximum absolute atomic E-state index is 11.7. The normalized spacial score (nSPS) is 10.3. The van der Waals surface area contributed by atoms with Crippen molar-refractivity contribution in [3.05, 3.63) is 22.1 Å². The Hall–Kier alpha value is -2.45. The second kappa shape index (κ2) is 6.47. The van der Waals surface area contributed by atoms with E-state index < -0.39 is 28.6 Å². The zero-order chi connectivity index (χ0) is 14.4. The second-order valence-corrected chi connectivity index (χ2v) is 3.33. The van der Waals surface area contributed by atoms with Gasteiger partial charge in [-0.05, 0) is 18.8 Å². The predicted octanol–water partition coefficient (Wildman–Crippen LogP) is 0.528. The highest BCUT2D eigenvalue weighted by molar-refractivity contribution is 6.01. The Morgan fingerprint density at radius 2 is 1.89 bits per heavy atom. The minimum atomic E-state index is -1.56. The van der Waals surface area contributed by atoms with Gasteiger partial charge in [0.25, 0.3) is 0 Å². The van der Waals surface area contributed by atoms with Crippen LogP contribution in [0.25, 0.3) is 0 Å². The molecule has 1 aromatic heterocycles. The third-order valence-electron chi connectivity index (χ3n) is 2.15. The van der Waals surface area contributed by atoms with Crippen LogP contribution in [0, 0.1) is 10.1 Å². The number of H-pyrrole nitrogens is 1. The number of ether oxygens (including phenoxy) is 2. The molecule has 0 saturated carbocycles. The van der Waals surface area contributed by atoms with Crippen LogP contribution in [0.5, 0.6) is 0 Å². The number of hydrogen-bond acceptors (Lipinski definition) is 7. The maximum Gasteiger partial charge on any atom is 0.345 e. The number of imidazole rings is 1. The van der Waals surface area contributed by atoms with Crippen LogP contribution in [0.2, 0.25) is 0 Å². The van der Waals surface area contributed by atoms with E-state index in [1.54, 1.807) is 13.8 Å². The number of carbonyl (C=O) groups excluding carboxylic acids is 2. The minimum absolute atomic E-state index is 0.0347. The summed E-state index contributed by atoms with van der Waals surface area (Å²) < 4.78 is 9.43. The van der Waals surface area contributed by atoms with E-state index in [2.05, 4.69) is 9.97 Å². The highest BCUT2D eigenvalue weighted by atomic mass is 16.6. The summed E-state index contributed by atoms with van der Waals surface area (Å²) >= 11 is 0. The molecule has 1 aromatic rings. The van der Waals surface area contributed by atoms with Gasteiger partial charge in [-0.3, -0.25) is 9.59 Å².